The van der Waals surface area contributed by atoms with E-state index in [1.807, 2.05) is 25.1 Å². The quantitative estimate of drug-likeness (QED) is 0.882. The normalized spacial score (nSPS) is 23.1. The molecule has 0 amide bonds. The average Bonchev–Trinajstić information content (AvgIpc) is 2.73. The monoisotopic (exact) mass is 368 g/mol. The lowest BCUT2D eigenvalue weighted by Gasteiger charge is -2.40. The highest BCUT2D eigenvalue weighted by molar-refractivity contribution is 7.98. The number of sulfonamides is 1. The molecule has 0 bridgehead atoms. The van der Waals surface area contributed by atoms with Gasteiger partial charge in [0.1, 0.15) is 0 Å². The number of nitrogens with one attached hydrogen (secondary N) is 1. The molecule has 1 aliphatic heterocycles. The Hall–Kier alpha value is -0.880. The molecular formula is C18H25ClN2O2S. The molecule has 24 heavy (non-hydrogen) atoms. The summed E-state index contributed by atoms with van der Waals surface area (Å²) in [6.45, 7) is 3.43. The Morgan fingerprint density at radius 1 is 1.21 bits per heavy atom. The highest BCUT2D eigenvalue weighted by Crippen LogP contribution is 2.51. The summed E-state index contributed by atoms with van der Waals surface area (Å²) in [4.78, 5) is 0.415. The molecule has 1 fully saturated rings. The van der Waals surface area contributed by atoms with Gasteiger partial charge in [0.2, 0.25) is 10.0 Å². The standard InChI is InChI=1S/C18H25ClN2O2S/c1-3-20-13-15-17(14-9-5-6-10-16(14)19)24(22,23)21(2)18(15)11-7-4-8-12-18/h5-6,9-10,20H,3-4,7-8,11-13H2,1-2H3. The number of halogens is 1. The van der Waals surface area contributed by atoms with E-state index in [-0.39, 0.29) is 0 Å². The first-order valence-electron chi connectivity index (χ1n) is 8.63. The smallest absolute Gasteiger partial charge is 0.244 e. The summed E-state index contributed by atoms with van der Waals surface area (Å²) in [6.07, 6.45) is 5.07. The van der Waals surface area contributed by atoms with E-state index in [1.165, 1.54) is 6.42 Å². The van der Waals surface area contributed by atoms with E-state index in [0.29, 0.717) is 22.0 Å². The van der Waals surface area contributed by atoms with Crippen LogP contribution in [0.3, 0.4) is 0 Å². The lowest BCUT2D eigenvalue weighted by atomic mass is 9.75. The lowest BCUT2D eigenvalue weighted by Crippen LogP contribution is -2.48. The molecule has 6 heteroatoms. The highest BCUT2D eigenvalue weighted by atomic mass is 35.5. The van der Waals surface area contributed by atoms with E-state index in [4.69, 9.17) is 11.6 Å². The number of nitrogens with zero attached hydrogens (tertiary/aromatic N) is 1. The van der Waals surface area contributed by atoms with Gasteiger partial charge >= 0.3 is 0 Å². The molecule has 1 aromatic rings. The van der Waals surface area contributed by atoms with Gasteiger partial charge in [0.05, 0.1) is 10.4 Å². The highest BCUT2D eigenvalue weighted by Gasteiger charge is 2.53. The third-order valence-electron chi connectivity index (χ3n) is 5.41. The van der Waals surface area contributed by atoms with Crippen LogP contribution in [0.15, 0.2) is 29.8 Å². The van der Waals surface area contributed by atoms with Gasteiger partial charge in [-0.05, 0) is 31.0 Å². The molecule has 0 atom stereocenters. The molecule has 1 heterocycles. The van der Waals surface area contributed by atoms with Crippen molar-refractivity contribution in [3.63, 3.8) is 0 Å². The van der Waals surface area contributed by atoms with Crippen LogP contribution in [0.1, 0.15) is 44.6 Å². The molecule has 2 aliphatic rings. The van der Waals surface area contributed by atoms with Crippen LogP contribution < -0.4 is 5.32 Å². The Morgan fingerprint density at radius 3 is 2.50 bits per heavy atom. The van der Waals surface area contributed by atoms with Crippen molar-refractivity contribution in [2.24, 2.45) is 0 Å². The average molecular weight is 369 g/mol. The predicted molar refractivity (Wildman–Crippen MR) is 99.4 cm³/mol. The molecule has 0 unspecified atom stereocenters. The summed E-state index contributed by atoms with van der Waals surface area (Å²) in [7, 11) is -1.81. The predicted octanol–water partition coefficient (Wildman–Crippen LogP) is 3.64. The first kappa shape index (κ1) is 17.9. The minimum absolute atomic E-state index is 0.395. The van der Waals surface area contributed by atoms with Crippen LogP contribution in [0.25, 0.3) is 4.91 Å². The van der Waals surface area contributed by atoms with E-state index >= 15 is 0 Å². The van der Waals surface area contributed by atoms with Crippen molar-refractivity contribution in [1.82, 2.24) is 9.62 Å². The number of hydrogen-bond donors (Lipinski definition) is 1. The zero-order chi connectivity index (χ0) is 17.4. The van der Waals surface area contributed by atoms with E-state index < -0.39 is 15.6 Å². The third kappa shape index (κ3) is 2.71. The van der Waals surface area contributed by atoms with E-state index in [1.54, 1.807) is 17.4 Å². The second-order valence-corrected chi connectivity index (χ2v) is 8.95. The minimum Gasteiger partial charge on any atom is -0.313 e. The topological polar surface area (TPSA) is 49.4 Å². The fourth-order valence-electron chi connectivity index (χ4n) is 4.12. The van der Waals surface area contributed by atoms with E-state index in [0.717, 1.165) is 37.8 Å². The Balaban J connectivity index is 2.25. The number of likely N-dealkylation sites (N-methyl/N-ethyl adjacent to an activating group) is 2. The summed E-state index contributed by atoms with van der Waals surface area (Å²) in [5, 5.41) is 3.84. The summed E-state index contributed by atoms with van der Waals surface area (Å²) < 4.78 is 28.2. The molecule has 1 saturated carbocycles. The summed E-state index contributed by atoms with van der Waals surface area (Å²) in [5.74, 6) is 0. The second kappa shape index (κ2) is 6.79. The fourth-order valence-corrected chi connectivity index (χ4v) is 6.46. The van der Waals surface area contributed by atoms with Gasteiger partial charge < -0.3 is 5.32 Å². The molecule has 132 valence electrons. The number of rotatable bonds is 4. The first-order chi connectivity index (χ1) is 11.4. The van der Waals surface area contributed by atoms with Gasteiger partial charge in [0, 0.05) is 24.2 Å². The maximum Gasteiger partial charge on any atom is 0.244 e. The van der Waals surface area contributed by atoms with Crippen molar-refractivity contribution in [3.05, 3.63) is 40.4 Å². The summed E-state index contributed by atoms with van der Waals surface area (Å²) >= 11 is 6.37. The SMILES string of the molecule is CCNCC1=C(c2ccccc2Cl)S(=O)(=O)N(C)C12CCCCC2. The Bertz CT molecular complexity index is 752. The number of hydrogen-bond acceptors (Lipinski definition) is 3. The molecule has 0 radical (unpaired) electrons. The Kier molecular flexibility index (Phi) is 5.07. The Morgan fingerprint density at radius 2 is 1.88 bits per heavy atom. The molecule has 4 nitrogen and oxygen atoms in total. The third-order valence-corrected chi connectivity index (χ3v) is 7.79. The van der Waals surface area contributed by atoms with Crippen LogP contribution in [0.2, 0.25) is 5.02 Å². The summed E-state index contributed by atoms with van der Waals surface area (Å²) in [5.41, 5.74) is 1.22. The van der Waals surface area contributed by atoms with Crippen LogP contribution in [0.4, 0.5) is 0 Å². The maximum absolute atomic E-state index is 13.3. The molecular weight excluding hydrogens is 344 g/mol. The summed E-state index contributed by atoms with van der Waals surface area (Å²) in [6, 6.07) is 7.26. The van der Waals surface area contributed by atoms with Crippen molar-refractivity contribution < 1.29 is 8.42 Å². The van der Waals surface area contributed by atoms with Gasteiger partial charge in [0.15, 0.2) is 0 Å². The first-order valence-corrected chi connectivity index (χ1v) is 10.5. The Labute approximate surface area is 149 Å². The zero-order valence-electron chi connectivity index (χ0n) is 14.3. The zero-order valence-corrected chi connectivity index (χ0v) is 15.9. The number of benzene rings is 1. The van der Waals surface area contributed by atoms with Crippen molar-refractivity contribution in [2.75, 3.05) is 20.1 Å². The van der Waals surface area contributed by atoms with Gasteiger partial charge in [-0.15, -0.1) is 0 Å². The van der Waals surface area contributed by atoms with E-state index in [9.17, 15) is 8.42 Å². The van der Waals surface area contributed by atoms with Crippen LogP contribution in [0, 0.1) is 0 Å². The minimum atomic E-state index is -3.54. The fraction of sp³-hybridized carbons (Fsp3) is 0.556. The van der Waals surface area contributed by atoms with E-state index in [2.05, 4.69) is 5.32 Å². The largest absolute Gasteiger partial charge is 0.313 e. The van der Waals surface area contributed by atoms with Crippen molar-refractivity contribution >= 4 is 26.5 Å². The molecule has 3 rings (SSSR count). The molecule has 1 aromatic carbocycles. The second-order valence-electron chi connectivity index (χ2n) is 6.63. The van der Waals surface area contributed by atoms with Crippen LogP contribution in [-0.4, -0.2) is 38.4 Å². The van der Waals surface area contributed by atoms with Gasteiger partial charge in [-0.2, -0.15) is 4.31 Å². The van der Waals surface area contributed by atoms with Crippen LogP contribution in [-0.2, 0) is 10.0 Å². The van der Waals surface area contributed by atoms with Crippen LogP contribution >= 0.6 is 11.6 Å². The maximum atomic E-state index is 13.3. The van der Waals surface area contributed by atoms with Crippen molar-refractivity contribution in [2.45, 2.75) is 44.6 Å². The lowest BCUT2D eigenvalue weighted by molar-refractivity contribution is 0.197. The van der Waals surface area contributed by atoms with Gasteiger partial charge in [0.25, 0.3) is 0 Å². The molecule has 0 saturated heterocycles. The van der Waals surface area contributed by atoms with Crippen LogP contribution in [0.5, 0.6) is 0 Å². The van der Waals surface area contributed by atoms with Gasteiger partial charge in [-0.1, -0.05) is 56.0 Å². The molecule has 1 N–H and O–H groups in total. The molecule has 1 spiro atoms. The van der Waals surface area contributed by atoms with Gasteiger partial charge in [-0.25, -0.2) is 8.42 Å². The van der Waals surface area contributed by atoms with Crippen molar-refractivity contribution in [3.8, 4) is 0 Å². The molecule has 1 aliphatic carbocycles. The molecule has 0 aromatic heterocycles. The van der Waals surface area contributed by atoms with Gasteiger partial charge in [-0.3, -0.25) is 0 Å². The van der Waals surface area contributed by atoms with Crippen molar-refractivity contribution in [1.29, 1.82) is 0 Å².